The van der Waals surface area contributed by atoms with Gasteiger partial charge in [0.15, 0.2) is 11.5 Å². The molecule has 0 radical (unpaired) electrons. The molecule has 1 atom stereocenters. The molecule has 1 fully saturated rings. The molecular weight excluding hydrogens is 348 g/mol. The van der Waals surface area contributed by atoms with Crippen molar-refractivity contribution in [2.75, 3.05) is 31.8 Å². The number of aryl methyl sites for hydroxylation is 1. The summed E-state index contributed by atoms with van der Waals surface area (Å²) in [5.74, 6) is 2.24. The van der Waals surface area contributed by atoms with Crippen molar-refractivity contribution < 1.29 is 14.3 Å². The maximum Gasteiger partial charge on any atom is 0.323 e. The second-order valence-corrected chi connectivity index (χ2v) is 7.17. The summed E-state index contributed by atoms with van der Waals surface area (Å²) in [4.78, 5) is 14.7. The summed E-state index contributed by atoms with van der Waals surface area (Å²) in [5, 5.41) is 2.92. The summed E-state index contributed by atoms with van der Waals surface area (Å²) in [6, 6.07) is 13.6. The van der Waals surface area contributed by atoms with Crippen LogP contribution in [-0.2, 0) is 6.42 Å². The van der Waals surface area contributed by atoms with E-state index in [1.165, 1.54) is 5.56 Å². The lowest BCUT2D eigenvalue weighted by Crippen LogP contribution is -2.34. The van der Waals surface area contributed by atoms with Crippen LogP contribution in [0.1, 0.15) is 23.4 Å². The monoisotopic (exact) mass is 372 g/mol. The summed E-state index contributed by atoms with van der Waals surface area (Å²) in [6.45, 7) is 2.79. The number of hydrogen-bond acceptors (Lipinski definition) is 4. The molecule has 2 aromatic carbocycles. The van der Waals surface area contributed by atoms with Crippen molar-refractivity contribution in [2.45, 2.75) is 18.7 Å². The lowest BCUT2D eigenvalue weighted by molar-refractivity contribution is 0.213. The van der Waals surface area contributed by atoms with Crippen LogP contribution < -0.4 is 14.8 Å². The van der Waals surface area contributed by atoms with Crippen LogP contribution in [0.15, 0.2) is 42.5 Å². The summed E-state index contributed by atoms with van der Waals surface area (Å²) in [6.07, 6.45) is 0.937. The van der Waals surface area contributed by atoms with Gasteiger partial charge in [-0.05, 0) is 30.2 Å². The lowest BCUT2D eigenvalue weighted by Gasteiger charge is -2.26. The van der Waals surface area contributed by atoms with Gasteiger partial charge in [-0.2, -0.15) is 0 Å². The van der Waals surface area contributed by atoms with Gasteiger partial charge in [-0.3, -0.25) is 0 Å². The fourth-order valence-corrected chi connectivity index (χ4v) is 4.38. The van der Waals surface area contributed by atoms with E-state index in [4.69, 9.17) is 9.47 Å². The van der Waals surface area contributed by atoms with E-state index in [0.717, 1.165) is 23.4 Å². The Morgan fingerprint density at radius 3 is 2.77 bits per heavy atom. The second kappa shape index (κ2) is 8.36. The van der Waals surface area contributed by atoms with Crippen molar-refractivity contribution in [3.63, 3.8) is 0 Å². The van der Waals surface area contributed by atoms with Gasteiger partial charge in [-0.15, -0.1) is 11.8 Å². The largest absolute Gasteiger partial charge is 0.493 e. The smallest absolute Gasteiger partial charge is 0.323 e. The Balaban J connectivity index is 1.83. The third-order valence-corrected chi connectivity index (χ3v) is 5.68. The minimum atomic E-state index is -0.102. The Bertz CT molecular complexity index is 781. The fraction of sp³-hybridized carbons (Fsp3) is 0.350. The number of nitrogens with one attached hydrogen (secondary N) is 1. The molecular formula is C20H24N2O3S. The molecule has 0 bridgehead atoms. The molecule has 2 aromatic rings. The van der Waals surface area contributed by atoms with Crippen LogP contribution in [0.2, 0.25) is 0 Å². The number of methoxy groups -OCH3 is 2. The van der Waals surface area contributed by atoms with Crippen LogP contribution in [-0.4, -0.2) is 37.4 Å². The van der Waals surface area contributed by atoms with Crippen molar-refractivity contribution >= 4 is 23.5 Å². The van der Waals surface area contributed by atoms with Crippen LogP contribution in [0.5, 0.6) is 11.5 Å². The SMILES string of the molecule is CCc1cccc(NC(=O)N2CCS[C@@H]2c2cccc(OC)c2OC)c1. The zero-order valence-corrected chi connectivity index (χ0v) is 16.1. The zero-order chi connectivity index (χ0) is 18.5. The molecule has 0 aromatic heterocycles. The van der Waals surface area contributed by atoms with E-state index in [-0.39, 0.29) is 11.4 Å². The second-order valence-electron chi connectivity index (χ2n) is 5.98. The summed E-state index contributed by atoms with van der Waals surface area (Å²) >= 11 is 1.73. The van der Waals surface area contributed by atoms with Crippen molar-refractivity contribution in [2.24, 2.45) is 0 Å². The molecule has 1 N–H and O–H groups in total. The van der Waals surface area contributed by atoms with Gasteiger partial charge in [0.2, 0.25) is 0 Å². The van der Waals surface area contributed by atoms with E-state index in [2.05, 4.69) is 18.3 Å². The van der Waals surface area contributed by atoms with Crippen molar-refractivity contribution in [1.82, 2.24) is 4.90 Å². The number of thioether (sulfide) groups is 1. The Hall–Kier alpha value is -2.34. The molecule has 0 saturated carbocycles. The molecule has 1 heterocycles. The Morgan fingerprint density at radius 1 is 1.23 bits per heavy atom. The third-order valence-electron chi connectivity index (χ3n) is 4.44. The highest BCUT2D eigenvalue weighted by molar-refractivity contribution is 7.99. The zero-order valence-electron chi connectivity index (χ0n) is 15.3. The number of benzene rings is 2. The van der Waals surface area contributed by atoms with Crippen LogP contribution in [0.25, 0.3) is 0 Å². The van der Waals surface area contributed by atoms with Gasteiger partial charge in [0.05, 0.1) is 14.2 Å². The summed E-state index contributed by atoms with van der Waals surface area (Å²) < 4.78 is 11.0. The first kappa shape index (κ1) is 18.5. The quantitative estimate of drug-likeness (QED) is 0.837. The highest BCUT2D eigenvalue weighted by atomic mass is 32.2. The Labute approximate surface area is 158 Å². The first-order valence-corrected chi connectivity index (χ1v) is 9.71. The number of anilines is 1. The third kappa shape index (κ3) is 3.75. The Kier molecular flexibility index (Phi) is 5.93. The standard InChI is InChI=1S/C20H24N2O3S/c1-4-14-7-5-8-15(13-14)21-20(23)22-11-12-26-19(22)16-9-6-10-17(24-2)18(16)25-3/h5-10,13,19H,4,11-12H2,1-3H3,(H,21,23)/t19-/m1/s1. The van der Waals surface area contributed by atoms with E-state index in [1.54, 1.807) is 26.0 Å². The van der Waals surface area contributed by atoms with Crippen LogP contribution in [0.4, 0.5) is 10.5 Å². The van der Waals surface area contributed by atoms with Gasteiger partial charge in [0.25, 0.3) is 0 Å². The molecule has 3 rings (SSSR count). The molecule has 138 valence electrons. The van der Waals surface area contributed by atoms with E-state index < -0.39 is 0 Å². The predicted molar refractivity (Wildman–Crippen MR) is 106 cm³/mol. The van der Waals surface area contributed by atoms with Crippen molar-refractivity contribution in [3.8, 4) is 11.5 Å². The number of carbonyl (C=O) groups is 1. The number of ether oxygens (including phenoxy) is 2. The van der Waals surface area contributed by atoms with E-state index >= 15 is 0 Å². The molecule has 2 amide bonds. The highest BCUT2D eigenvalue weighted by Crippen LogP contribution is 2.45. The van der Waals surface area contributed by atoms with Crippen LogP contribution >= 0.6 is 11.8 Å². The normalized spacial score (nSPS) is 16.4. The molecule has 0 unspecified atom stereocenters. The molecule has 0 aliphatic carbocycles. The minimum absolute atomic E-state index is 0.0990. The van der Waals surface area contributed by atoms with Crippen LogP contribution in [0, 0.1) is 0 Å². The first-order valence-electron chi connectivity index (χ1n) is 8.67. The maximum absolute atomic E-state index is 12.9. The number of para-hydroxylation sites is 1. The first-order chi connectivity index (χ1) is 12.7. The Morgan fingerprint density at radius 2 is 2.04 bits per heavy atom. The number of carbonyl (C=O) groups excluding carboxylic acids is 1. The van der Waals surface area contributed by atoms with Gasteiger partial charge in [0.1, 0.15) is 5.37 Å². The van der Waals surface area contributed by atoms with Crippen LogP contribution in [0.3, 0.4) is 0 Å². The molecule has 5 nitrogen and oxygen atoms in total. The molecule has 1 aliphatic rings. The minimum Gasteiger partial charge on any atom is -0.493 e. The van der Waals surface area contributed by atoms with E-state index in [9.17, 15) is 4.79 Å². The summed E-state index contributed by atoms with van der Waals surface area (Å²) in [5.41, 5.74) is 2.97. The fourth-order valence-electron chi connectivity index (χ4n) is 3.11. The number of urea groups is 1. The average molecular weight is 372 g/mol. The van der Waals surface area contributed by atoms with E-state index in [0.29, 0.717) is 18.0 Å². The topological polar surface area (TPSA) is 50.8 Å². The molecule has 6 heteroatoms. The van der Waals surface area contributed by atoms with Crippen molar-refractivity contribution in [3.05, 3.63) is 53.6 Å². The average Bonchev–Trinajstić information content (AvgIpc) is 3.17. The van der Waals surface area contributed by atoms with Gasteiger partial charge in [0, 0.05) is 23.5 Å². The highest BCUT2D eigenvalue weighted by Gasteiger charge is 2.33. The number of rotatable bonds is 5. The predicted octanol–water partition coefficient (Wildman–Crippen LogP) is 4.55. The molecule has 0 spiro atoms. The van der Waals surface area contributed by atoms with Gasteiger partial charge >= 0.3 is 6.03 Å². The lowest BCUT2D eigenvalue weighted by atomic mass is 10.1. The van der Waals surface area contributed by atoms with Gasteiger partial charge < -0.3 is 19.7 Å². The summed E-state index contributed by atoms with van der Waals surface area (Å²) in [7, 11) is 3.25. The molecule has 26 heavy (non-hydrogen) atoms. The van der Waals surface area contributed by atoms with Gasteiger partial charge in [-0.25, -0.2) is 4.79 Å². The van der Waals surface area contributed by atoms with Gasteiger partial charge in [-0.1, -0.05) is 31.2 Å². The number of hydrogen-bond donors (Lipinski definition) is 1. The number of amides is 2. The number of nitrogens with zero attached hydrogens (tertiary/aromatic N) is 1. The van der Waals surface area contributed by atoms with E-state index in [1.807, 2.05) is 41.3 Å². The maximum atomic E-state index is 12.9. The molecule has 1 saturated heterocycles. The van der Waals surface area contributed by atoms with Crippen molar-refractivity contribution in [1.29, 1.82) is 0 Å². The molecule has 1 aliphatic heterocycles.